The standard InChI is InChI=1S/C12H17N5OS/c1-9-15-12(17-16-9)19-11-4-3-10(8-14-11)7-13-5-6-18-2/h3-4,8,13H,5-7H2,1-2H3,(H,15,16,17). The third-order valence-electron chi connectivity index (χ3n) is 2.38. The van der Waals surface area contributed by atoms with Gasteiger partial charge in [-0.2, -0.15) is 0 Å². The summed E-state index contributed by atoms with van der Waals surface area (Å²) in [5.74, 6) is 0.807. The topological polar surface area (TPSA) is 75.7 Å². The Hall–Kier alpha value is -1.44. The summed E-state index contributed by atoms with van der Waals surface area (Å²) in [4.78, 5) is 8.61. The molecule has 0 bridgehead atoms. The van der Waals surface area contributed by atoms with Gasteiger partial charge in [-0.1, -0.05) is 6.07 Å². The highest BCUT2D eigenvalue weighted by molar-refractivity contribution is 7.99. The predicted molar refractivity (Wildman–Crippen MR) is 73.1 cm³/mol. The number of hydrogen-bond acceptors (Lipinski definition) is 6. The van der Waals surface area contributed by atoms with E-state index in [2.05, 4.69) is 31.5 Å². The van der Waals surface area contributed by atoms with Crippen LogP contribution in [0.1, 0.15) is 11.4 Å². The maximum absolute atomic E-state index is 4.97. The SMILES string of the molecule is COCCNCc1ccc(Sc2n[nH]c(C)n2)nc1. The number of aryl methyl sites for hydroxylation is 1. The number of methoxy groups -OCH3 is 1. The molecule has 0 aromatic carbocycles. The molecule has 0 atom stereocenters. The van der Waals surface area contributed by atoms with Gasteiger partial charge in [-0.15, -0.1) is 5.10 Å². The maximum atomic E-state index is 4.97. The second-order valence-electron chi connectivity index (χ2n) is 3.98. The fraction of sp³-hybridized carbons (Fsp3) is 0.417. The van der Waals surface area contributed by atoms with Crippen molar-refractivity contribution in [3.05, 3.63) is 29.7 Å². The van der Waals surface area contributed by atoms with Gasteiger partial charge in [0.15, 0.2) is 0 Å². The van der Waals surface area contributed by atoms with Crippen LogP contribution in [0.4, 0.5) is 0 Å². The van der Waals surface area contributed by atoms with E-state index in [-0.39, 0.29) is 0 Å². The molecule has 2 rings (SSSR count). The lowest BCUT2D eigenvalue weighted by Gasteiger charge is -2.04. The van der Waals surface area contributed by atoms with Crippen molar-refractivity contribution in [3.8, 4) is 0 Å². The molecule has 2 aromatic rings. The van der Waals surface area contributed by atoms with Crippen molar-refractivity contribution in [1.82, 2.24) is 25.5 Å². The number of nitrogens with zero attached hydrogens (tertiary/aromatic N) is 3. The second kappa shape index (κ2) is 7.22. The molecule has 0 spiro atoms. The number of rotatable bonds is 7. The molecule has 2 aromatic heterocycles. The molecule has 2 heterocycles. The van der Waals surface area contributed by atoms with E-state index in [9.17, 15) is 0 Å². The highest BCUT2D eigenvalue weighted by Crippen LogP contribution is 2.21. The zero-order valence-electron chi connectivity index (χ0n) is 11.0. The third kappa shape index (κ3) is 4.62. The molecule has 6 nitrogen and oxygen atoms in total. The summed E-state index contributed by atoms with van der Waals surface area (Å²) in [5, 5.41) is 11.7. The fourth-order valence-electron chi connectivity index (χ4n) is 1.44. The number of ether oxygens (including phenoxy) is 1. The minimum atomic E-state index is 0.691. The van der Waals surface area contributed by atoms with E-state index in [0.717, 1.165) is 29.5 Å². The Morgan fingerprint density at radius 2 is 2.32 bits per heavy atom. The van der Waals surface area contributed by atoms with Crippen LogP contribution in [0.25, 0.3) is 0 Å². The molecule has 7 heteroatoms. The van der Waals surface area contributed by atoms with E-state index < -0.39 is 0 Å². The van der Waals surface area contributed by atoms with Gasteiger partial charge in [0, 0.05) is 26.4 Å². The lowest BCUT2D eigenvalue weighted by Crippen LogP contribution is -2.18. The minimum Gasteiger partial charge on any atom is -0.383 e. The number of H-pyrrole nitrogens is 1. The van der Waals surface area contributed by atoms with Crippen molar-refractivity contribution in [2.45, 2.75) is 23.7 Å². The Morgan fingerprint density at radius 3 is 2.95 bits per heavy atom. The number of aromatic nitrogens is 4. The van der Waals surface area contributed by atoms with Gasteiger partial charge in [0.05, 0.1) is 6.61 Å². The molecule has 0 saturated heterocycles. The van der Waals surface area contributed by atoms with E-state index in [4.69, 9.17) is 4.74 Å². The number of pyridine rings is 1. The molecule has 0 saturated carbocycles. The Bertz CT molecular complexity index is 499. The zero-order chi connectivity index (χ0) is 13.5. The van der Waals surface area contributed by atoms with Crippen LogP contribution in [0.5, 0.6) is 0 Å². The molecule has 0 unspecified atom stereocenters. The summed E-state index contributed by atoms with van der Waals surface area (Å²) in [6.07, 6.45) is 1.86. The van der Waals surface area contributed by atoms with Crippen LogP contribution in [0.3, 0.4) is 0 Å². The van der Waals surface area contributed by atoms with Gasteiger partial charge in [0.1, 0.15) is 10.9 Å². The summed E-state index contributed by atoms with van der Waals surface area (Å²) in [6, 6.07) is 4.03. The predicted octanol–water partition coefficient (Wildman–Crippen LogP) is 1.40. The Kier molecular flexibility index (Phi) is 5.31. The third-order valence-corrected chi connectivity index (χ3v) is 3.20. The summed E-state index contributed by atoms with van der Waals surface area (Å²) < 4.78 is 4.97. The molecule has 0 aliphatic rings. The smallest absolute Gasteiger partial charge is 0.214 e. The number of hydrogen-bond donors (Lipinski definition) is 2. The van der Waals surface area contributed by atoms with Crippen LogP contribution >= 0.6 is 11.8 Å². The average Bonchev–Trinajstić information content (AvgIpc) is 2.82. The van der Waals surface area contributed by atoms with E-state index in [1.165, 1.54) is 11.8 Å². The van der Waals surface area contributed by atoms with Crippen molar-refractivity contribution < 1.29 is 4.74 Å². The number of nitrogens with one attached hydrogen (secondary N) is 2. The molecule has 19 heavy (non-hydrogen) atoms. The fourth-order valence-corrected chi connectivity index (χ4v) is 2.15. The van der Waals surface area contributed by atoms with E-state index in [0.29, 0.717) is 11.8 Å². The molecule has 2 N–H and O–H groups in total. The highest BCUT2D eigenvalue weighted by Gasteiger charge is 2.04. The van der Waals surface area contributed by atoms with Crippen molar-refractivity contribution in [2.75, 3.05) is 20.3 Å². The summed E-state index contributed by atoms with van der Waals surface area (Å²) in [7, 11) is 1.69. The Morgan fingerprint density at radius 1 is 1.42 bits per heavy atom. The van der Waals surface area contributed by atoms with Crippen molar-refractivity contribution in [1.29, 1.82) is 0 Å². The van der Waals surface area contributed by atoms with E-state index in [1.54, 1.807) is 7.11 Å². The average molecular weight is 279 g/mol. The molecule has 0 amide bonds. The van der Waals surface area contributed by atoms with Crippen molar-refractivity contribution in [3.63, 3.8) is 0 Å². The maximum Gasteiger partial charge on any atom is 0.214 e. The Labute approximate surface area is 116 Å². The first-order valence-corrected chi connectivity index (χ1v) is 6.81. The van der Waals surface area contributed by atoms with Crippen LogP contribution in [-0.4, -0.2) is 40.4 Å². The summed E-state index contributed by atoms with van der Waals surface area (Å²) in [6.45, 7) is 4.22. The largest absolute Gasteiger partial charge is 0.383 e. The van der Waals surface area contributed by atoms with Gasteiger partial charge in [-0.25, -0.2) is 9.97 Å². The second-order valence-corrected chi connectivity index (χ2v) is 4.97. The molecule has 0 radical (unpaired) electrons. The molecule has 0 aliphatic heterocycles. The summed E-state index contributed by atoms with van der Waals surface area (Å²) >= 11 is 1.44. The van der Waals surface area contributed by atoms with Gasteiger partial charge in [-0.3, -0.25) is 5.10 Å². The van der Waals surface area contributed by atoms with Crippen LogP contribution in [0, 0.1) is 6.92 Å². The highest BCUT2D eigenvalue weighted by atomic mass is 32.2. The van der Waals surface area contributed by atoms with Gasteiger partial charge in [0.25, 0.3) is 0 Å². The van der Waals surface area contributed by atoms with E-state index >= 15 is 0 Å². The Balaban J connectivity index is 1.84. The van der Waals surface area contributed by atoms with Crippen LogP contribution < -0.4 is 5.32 Å². The summed E-state index contributed by atoms with van der Waals surface area (Å²) in [5.41, 5.74) is 1.15. The molecule has 0 aliphatic carbocycles. The molecule has 102 valence electrons. The van der Waals surface area contributed by atoms with E-state index in [1.807, 2.05) is 19.2 Å². The lowest BCUT2D eigenvalue weighted by molar-refractivity contribution is 0.199. The van der Waals surface area contributed by atoms with Crippen molar-refractivity contribution >= 4 is 11.8 Å². The first kappa shape index (κ1) is 14.0. The zero-order valence-corrected chi connectivity index (χ0v) is 11.8. The van der Waals surface area contributed by atoms with Crippen LogP contribution in [-0.2, 0) is 11.3 Å². The monoisotopic (exact) mass is 279 g/mol. The van der Waals surface area contributed by atoms with Gasteiger partial charge >= 0.3 is 0 Å². The quantitative estimate of drug-likeness (QED) is 0.746. The van der Waals surface area contributed by atoms with Gasteiger partial charge in [0.2, 0.25) is 5.16 Å². The first-order chi connectivity index (χ1) is 9.28. The molecular formula is C12H17N5OS. The van der Waals surface area contributed by atoms with Crippen LogP contribution in [0.15, 0.2) is 28.5 Å². The van der Waals surface area contributed by atoms with Gasteiger partial charge < -0.3 is 10.1 Å². The normalized spacial score (nSPS) is 10.8. The molecular weight excluding hydrogens is 262 g/mol. The minimum absolute atomic E-state index is 0.691. The lowest BCUT2D eigenvalue weighted by atomic mass is 10.3. The first-order valence-electron chi connectivity index (χ1n) is 5.99. The van der Waals surface area contributed by atoms with Crippen LogP contribution in [0.2, 0.25) is 0 Å². The molecule has 0 fully saturated rings. The van der Waals surface area contributed by atoms with Gasteiger partial charge in [-0.05, 0) is 30.3 Å². The number of aromatic amines is 1. The van der Waals surface area contributed by atoms with Crippen molar-refractivity contribution in [2.24, 2.45) is 0 Å².